The summed E-state index contributed by atoms with van der Waals surface area (Å²) in [5.41, 5.74) is 5.06. The first kappa shape index (κ1) is 14.8. The van der Waals surface area contributed by atoms with Crippen LogP contribution in [0.5, 0.6) is 5.75 Å². The number of aromatic amines is 1. The lowest BCUT2D eigenvalue weighted by atomic mass is 10.1. The van der Waals surface area contributed by atoms with Crippen molar-refractivity contribution in [2.24, 2.45) is 5.73 Å². The zero-order valence-corrected chi connectivity index (χ0v) is 12.2. The number of ether oxygens (including phenoxy) is 1. The molecular formula is C15H13N3O5. The van der Waals surface area contributed by atoms with Crippen LogP contribution in [0.3, 0.4) is 0 Å². The fraction of sp³-hybridized carbons (Fsp3) is 0.200. The van der Waals surface area contributed by atoms with E-state index in [-0.39, 0.29) is 24.5 Å². The minimum absolute atomic E-state index is 0.0383. The topological polar surface area (TPSA) is 128 Å². The van der Waals surface area contributed by atoms with Crippen LogP contribution >= 0.6 is 0 Å². The SMILES string of the molecule is Cc1c(OCCC(N)=O)ccc2cc3c(=O)[nH]c(=O)nc-3oc12. The van der Waals surface area contributed by atoms with E-state index >= 15 is 0 Å². The van der Waals surface area contributed by atoms with Crippen molar-refractivity contribution in [1.29, 1.82) is 0 Å². The number of fused-ring (bicyclic) bond motifs is 2. The molecule has 118 valence electrons. The number of nitrogens with zero attached hydrogens (tertiary/aromatic N) is 1. The third-order valence-corrected chi connectivity index (χ3v) is 3.39. The molecule has 3 N–H and O–H groups in total. The van der Waals surface area contributed by atoms with Gasteiger partial charge in [0.25, 0.3) is 5.56 Å². The van der Waals surface area contributed by atoms with E-state index in [2.05, 4.69) is 9.97 Å². The first-order chi connectivity index (χ1) is 11.0. The highest BCUT2D eigenvalue weighted by molar-refractivity contribution is 5.86. The molecule has 2 aliphatic heterocycles. The molecule has 8 nitrogen and oxygen atoms in total. The molecule has 0 fully saturated rings. The molecule has 0 aromatic heterocycles. The second kappa shape index (κ2) is 5.56. The Morgan fingerprint density at radius 3 is 2.91 bits per heavy atom. The molecule has 0 atom stereocenters. The summed E-state index contributed by atoms with van der Waals surface area (Å²) in [6.45, 7) is 1.92. The maximum Gasteiger partial charge on any atom is 0.351 e. The summed E-state index contributed by atoms with van der Waals surface area (Å²) in [4.78, 5) is 39.6. The average Bonchev–Trinajstić information content (AvgIpc) is 2.48. The van der Waals surface area contributed by atoms with Crippen molar-refractivity contribution in [2.45, 2.75) is 13.3 Å². The predicted octanol–water partition coefficient (Wildman–Crippen LogP) is 0.544. The van der Waals surface area contributed by atoms with Crippen LogP contribution in [0.2, 0.25) is 0 Å². The van der Waals surface area contributed by atoms with Gasteiger partial charge in [0.15, 0.2) is 0 Å². The van der Waals surface area contributed by atoms with Gasteiger partial charge in [0, 0.05) is 10.9 Å². The lowest BCUT2D eigenvalue weighted by Gasteiger charge is -2.11. The summed E-state index contributed by atoms with van der Waals surface area (Å²) in [5.74, 6) is 0.0307. The lowest BCUT2D eigenvalue weighted by molar-refractivity contribution is -0.118. The number of aryl methyl sites for hydroxylation is 1. The summed E-state index contributed by atoms with van der Waals surface area (Å²) in [7, 11) is 0. The molecule has 0 saturated heterocycles. The summed E-state index contributed by atoms with van der Waals surface area (Å²) >= 11 is 0. The van der Waals surface area contributed by atoms with Gasteiger partial charge in [0.1, 0.15) is 16.9 Å². The Morgan fingerprint density at radius 2 is 2.17 bits per heavy atom. The van der Waals surface area contributed by atoms with Crippen LogP contribution in [0.1, 0.15) is 12.0 Å². The van der Waals surface area contributed by atoms with E-state index in [9.17, 15) is 14.4 Å². The van der Waals surface area contributed by atoms with Crippen LogP contribution in [0.25, 0.3) is 22.4 Å². The molecule has 8 heteroatoms. The van der Waals surface area contributed by atoms with Gasteiger partial charge in [0.2, 0.25) is 11.8 Å². The molecule has 1 aromatic carbocycles. The third kappa shape index (κ3) is 2.78. The number of benzene rings is 1. The highest BCUT2D eigenvalue weighted by Crippen LogP contribution is 2.31. The molecule has 0 saturated carbocycles. The van der Waals surface area contributed by atoms with Crippen molar-refractivity contribution in [1.82, 2.24) is 9.97 Å². The summed E-state index contributed by atoms with van der Waals surface area (Å²) in [5, 5.41) is 0.670. The van der Waals surface area contributed by atoms with Gasteiger partial charge < -0.3 is 14.9 Å². The van der Waals surface area contributed by atoms with Crippen molar-refractivity contribution < 1.29 is 13.9 Å². The quantitative estimate of drug-likeness (QED) is 0.676. The minimum atomic E-state index is -0.767. The fourth-order valence-electron chi connectivity index (χ4n) is 2.26. The smallest absolute Gasteiger partial charge is 0.351 e. The van der Waals surface area contributed by atoms with Crippen LogP contribution in [0, 0.1) is 6.92 Å². The van der Waals surface area contributed by atoms with Crippen LogP contribution in [-0.2, 0) is 4.79 Å². The van der Waals surface area contributed by atoms with Gasteiger partial charge in [0.05, 0.1) is 13.0 Å². The van der Waals surface area contributed by atoms with Crippen molar-refractivity contribution in [3.8, 4) is 17.2 Å². The lowest BCUT2D eigenvalue weighted by Crippen LogP contribution is -2.24. The number of rotatable bonds is 4. The Balaban J connectivity index is 2.12. The number of nitrogens with one attached hydrogen (secondary N) is 1. The Labute approximate surface area is 129 Å². The number of aromatic nitrogens is 2. The van der Waals surface area contributed by atoms with E-state index in [1.807, 2.05) is 0 Å². The molecule has 3 rings (SSSR count). The molecule has 0 spiro atoms. The number of hydrogen-bond acceptors (Lipinski definition) is 6. The monoisotopic (exact) mass is 315 g/mol. The van der Waals surface area contributed by atoms with Crippen molar-refractivity contribution >= 4 is 16.9 Å². The molecular weight excluding hydrogens is 302 g/mol. The van der Waals surface area contributed by atoms with E-state index in [1.54, 1.807) is 25.1 Å². The van der Waals surface area contributed by atoms with Gasteiger partial charge in [-0.15, -0.1) is 0 Å². The fourth-order valence-corrected chi connectivity index (χ4v) is 2.26. The number of hydrogen-bond donors (Lipinski definition) is 2. The molecule has 0 bridgehead atoms. The second-order valence-electron chi connectivity index (χ2n) is 5.01. The van der Waals surface area contributed by atoms with Gasteiger partial charge in [-0.2, -0.15) is 4.98 Å². The number of primary amides is 1. The zero-order valence-electron chi connectivity index (χ0n) is 12.2. The van der Waals surface area contributed by atoms with Gasteiger partial charge in [-0.25, -0.2) is 4.79 Å². The van der Waals surface area contributed by atoms with Crippen molar-refractivity contribution in [3.05, 3.63) is 44.6 Å². The Kier molecular flexibility index (Phi) is 3.57. The Bertz CT molecular complexity index is 989. The Hall–Kier alpha value is -3.16. The largest absolute Gasteiger partial charge is 0.493 e. The molecule has 1 amide bonds. The first-order valence-electron chi connectivity index (χ1n) is 6.84. The van der Waals surface area contributed by atoms with E-state index in [4.69, 9.17) is 14.9 Å². The second-order valence-corrected chi connectivity index (χ2v) is 5.01. The minimum Gasteiger partial charge on any atom is -0.493 e. The zero-order chi connectivity index (χ0) is 16.6. The van der Waals surface area contributed by atoms with Gasteiger partial charge in [-0.3, -0.25) is 14.6 Å². The molecule has 0 aliphatic carbocycles. The Morgan fingerprint density at radius 1 is 1.39 bits per heavy atom. The molecule has 2 heterocycles. The number of H-pyrrole nitrogens is 1. The van der Waals surface area contributed by atoms with Crippen LogP contribution in [0.4, 0.5) is 0 Å². The van der Waals surface area contributed by atoms with Gasteiger partial charge >= 0.3 is 5.69 Å². The van der Waals surface area contributed by atoms with Gasteiger partial charge in [-0.1, -0.05) is 0 Å². The van der Waals surface area contributed by atoms with Gasteiger partial charge in [-0.05, 0) is 25.1 Å². The highest BCUT2D eigenvalue weighted by Gasteiger charge is 2.16. The van der Waals surface area contributed by atoms with Crippen LogP contribution < -0.4 is 21.7 Å². The number of carbonyl (C=O) groups is 1. The third-order valence-electron chi connectivity index (χ3n) is 3.39. The summed E-state index contributed by atoms with van der Waals surface area (Å²) in [6.07, 6.45) is 0.100. The predicted molar refractivity (Wildman–Crippen MR) is 81.6 cm³/mol. The average molecular weight is 315 g/mol. The maximum atomic E-state index is 11.8. The maximum absolute atomic E-state index is 11.8. The number of carbonyl (C=O) groups excluding carboxylic acids is 1. The van der Waals surface area contributed by atoms with Crippen molar-refractivity contribution in [2.75, 3.05) is 6.61 Å². The molecule has 23 heavy (non-hydrogen) atoms. The molecule has 0 unspecified atom stereocenters. The van der Waals surface area contributed by atoms with E-state index in [1.165, 1.54) is 0 Å². The number of nitrogens with two attached hydrogens (primary N) is 1. The van der Waals surface area contributed by atoms with E-state index < -0.39 is 17.2 Å². The van der Waals surface area contributed by atoms with Crippen LogP contribution in [0.15, 0.2) is 32.2 Å². The molecule has 0 radical (unpaired) electrons. The van der Waals surface area contributed by atoms with E-state index in [0.717, 1.165) is 0 Å². The van der Waals surface area contributed by atoms with Crippen LogP contribution in [-0.4, -0.2) is 22.5 Å². The first-order valence-corrected chi connectivity index (χ1v) is 6.84. The summed E-state index contributed by atoms with van der Waals surface area (Å²) in [6, 6.07) is 5.03. The standard InChI is InChI=1S/C15H13N3O5/c1-7-10(22-5-4-11(16)19)3-2-8-6-9-13(20)17-15(21)18-14(9)23-12(7)8/h2-3,6H,4-5H2,1H3,(H2,16,19)(H,17,20,21). The van der Waals surface area contributed by atoms with Crippen molar-refractivity contribution in [3.63, 3.8) is 0 Å². The number of amides is 1. The summed E-state index contributed by atoms with van der Waals surface area (Å²) < 4.78 is 11.1. The molecule has 1 aromatic rings. The normalized spacial score (nSPS) is 11.0. The highest BCUT2D eigenvalue weighted by atomic mass is 16.5. The molecule has 2 aliphatic rings. The van der Waals surface area contributed by atoms with E-state index in [0.29, 0.717) is 22.3 Å².